The molecule has 5 aromatic rings. The maximum absolute atomic E-state index is 14.0. The summed E-state index contributed by atoms with van der Waals surface area (Å²) < 4.78 is 7.20. The van der Waals surface area contributed by atoms with Gasteiger partial charge in [0.15, 0.2) is 5.78 Å². The van der Waals surface area contributed by atoms with Crippen LogP contribution in [-0.2, 0) is 28.8 Å². The zero-order chi connectivity index (χ0) is 34.2. The lowest BCUT2D eigenvalue weighted by Crippen LogP contribution is -2.13. The minimum Gasteiger partial charge on any atom is -0.466 e. The Labute approximate surface area is 286 Å². The first-order valence-corrected chi connectivity index (χ1v) is 17.5. The van der Waals surface area contributed by atoms with E-state index < -0.39 is 0 Å². The summed E-state index contributed by atoms with van der Waals surface area (Å²) in [6.45, 7) is 13.2. The molecule has 3 aromatic carbocycles. The molecule has 0 bridgehead atoms. The Morgan fingerprint density at radius 1 is 0.771 bits per heavy atom. The van der Waals surface area contributed by atoms with Crippen LogP contribution in [0.25, 0.3) is 5.52 Å². The van der Waals surface area contributed by atoms with E-state index in [0.717, 1.165) is 35.3 Å². The molecule has 1 N–H and O–H groups in total. The Morgan fingerprint density at radius 3 is 1.90 bits per heavy atom. The summed E-state index contributed by atoms with van der Waals surface area (Å²) >= 11 is 0. The van der Waals surface area contributed by atoms with Crippen LogP contribution in [0.1, 0.15) is 103 Å². The van der Waals surface area contributed by atoms with Gasteiger partial charge in [0.05, 0.1) is 23.7 Å². The summed E-state index contributed by atoms with van der Waals surface area (Å²) in [4.78, 5) is 26.0. The van der Waals surface area contributed by atoms with Crippen molar-refractivity contribution in [3.63, 3.8) is 0 Å². The molecule has 0 atom stereocenters. The molecular weight excluding hydrogens is 592 g/mol. The summed E-state index contributed by atoms with van der Waals surface area (Å²) in [7, 11) is 0. The number of hydrogen-bond donors (Lipinski definition) is 1. The number of benzene rings is 3. The van der Waals surface area contributed by atoms with Crippen molar-refractivity contribution in [3.8, 4) is 0 Å². The second kappa shape index (κ2) is 16.0. The Morgan fingerprint density at radius 2 is 1.35 bits per heavy atom. The first-order valence-electron chi connectivity index (χ1n) is 17.5. The fourth-order valence-electron chi connectivity index (χ4n) is 6.65. The van der Waals surface area contributed by atoms with Gasteiger partial charge in [0.25, 0.3) is 0 Å². The number of nitrogens with one attached hydrogen (secondary N) is 1. The van der Waals surface area contributed by atoms with E-state index in [-0.39, 0.29) is 17.8 Å². The summed E-state index contributed by atoms with van der Waals surface area (Å²) in [5.41, 5.74) is 10.3. The summed E-state index contributed by atoms with van der Waals surface area (Å²) in [6, 6.07) is 31.7. The van der Waals surface area contributed by atoms with E-state index in [4.69, 9.17) is 4.74 Å². The van der Waals surface area contributed by atoms with Crippen molar-refractivity contribution in [2.45, 2.75) is 79.7 Å². The lowest BCUT2D eigenvalue weighted by molar-refractivity contribution is -0.143. The zero-order valence-electron chi connectivity index (χ0n) is 29.4. The molecule has 0 amide bonds. The van der Waals surface area contributed by atoms with Crippen molar-refractivity contribution in [1.82, 2.24) is 4.40 Å². The van der Waals surface area contributed by atoms with Gasteiger partial charge in [-0.3, -0.25) is 9.59 Å². The van der Waals surface area contributed by atoms with Crippen LogP contribution in [0, 0.1) is 18.8 Å². The number of nitrogens with zero attached hydrogens (tertiary/aromatic N) is 1. The van der Waals surface area contributed by atoms with Gasteiger partial charge < -0.3 is 14.5 Å². The number of anilines is 1. The molecule has 5 heteroatoms. The summed E-state index contributed by atoms with van der Waals surface area (Å²) in [5.74, 6) is 1.03. The number of aromatic nitrogens is 1. The average molecular weight is 643 g/mol. The number of aryl methyl sites for hydroxylation is 1. The van der Waals surface area contributed by atoms with Gasteiger partial charge in [0.1, 0.15) is 0 Å². The lowest BCUT2D eigenvalue weighted by Gasteiger charge is -2.22. The van der Waals surface area contributed by atoms with Crippen molar-refractivity contribution in [2.24, 2.45) is 11.8 Å². The second-order valence-corrected chi connectivity index (χ2v) is 13.7. The molecule has 0 fully saturated rings. The molecule has 0 unspecified atom stereocenters. The Balaban J connectivity index is 1.39. The average Bonchev–Trinajstić information content (AvgIpc) is 3.35. The first-order chi connectivity index (χ1) is 23.1. The number of carbonyl (C=O) groups excluding carboxylic acids is 2. The Kier molecular flexibility index (Phi) is 11.5. The van der Waals surface area contributed by atoms with Crippen LogP contribution >= 0.6 is 0 Å². The van der Waals surface area contributed by atoms with E-state index in [1.54, 1.807) is 0 Å². The number of fused-ring (bicyclic) bond motifs is 1. The first kappa shape index (κ1) is 34.7. The van der Waals surface area contributed by atoms with E-state index in [0.29, 0.717) is 48.8 Å². The fraction of sp³-hybridized carbons (Fsp3) is 0.349. The van der Waals surface area contributed by atoms with Crippen LogP contribution < -0.4 is 5.32 Å². The van der Waals surface area contributed by atoms with Crippen molar-refractivity contribution >= 4 is 23.0 Å². The molecular formula is C43H50N2O3. The topological polar surface area (TPSA) is 59.8 Å². The number of hydrogen-bond acceptors (Lipinski definition) is 4. The zero-order valence-corrected chi connectivity index (χ0v) is 29.4. The van der Waals surface area contributed by atoms with Crippen LogP contribution in [0.2, 0.25) is 0 Å². The minimum absolute atomic E-state index is 0.00238. The molecule has 0 aliphatic heterocycles. The van der Waals surface area contributed by atoms with E-state index in [9.17, 15) is 9.59 Å². The molecule has 0 aliphatic rings. The van der Waals surface area contributed by atoms with Crippen LogP contribution in [0.4, 0.5) is 5.69 Å². The quantitative estimate of drug-likeness (QED) is 0.0912. The minimum atomic E-state index is -0.186. The number of esters is 1. The van der Waals surface area contributed by atoms with Crippen molar-refractivity contribution in [3.05, 3.63) is 142 Å². The fourth-order valence-corrected chi connectivity index (χ4v) is 6.65. The molecule has 0 radical (unpaired) electrons. The van der Waals surface area contributed by atoms with Crippen molar-refractivity contribution in [2.75, 3.05) is 11.9 Å². The number of rotatable bonds is 15. The lowest BCUT2D eigenvalue weighted by atomic mass is 9.93. The molecule has 48 heavy (non-hydrogen) atoms. The third-order valence-corrected chi connectivity index (χ3v) is 8.91. The van der Waals surface area contributed by atoms with E-state index in [1.807, 2.05) is 62.5 Å². The van der Waals surface area contributed by atoms with Gasteiger partial charge in [0.2, 0.25) is 0 Å². The van der Waals surface area contributed by atoms with Crippen molar-refractivity contribution in [1.29, 1.82) is 0 Å². The number of ether oxygens (including phenoxy) is 1. The van der Waals surface area contributed by atoms with Crippen LogP contribution in [0.3, 0.4) is 0 Å². The SMILES string of the molecule is CCOC(=O)CCCc1c(C)c(C(=O)c2ccc(NC(c3ccc(CC(C)C)cc3)c3ccc(CC(C)C)cc3)cc2)c2ccccn12. The molecule has 0 saturated heterocycles. The highest BCUT2D eigenvalue weighted by Crippen LogP contribution is 2.31. The van der Waals surface area contributed by atoms with E-state index in [2.05, 4.69) is 85.9 Å². The number of ketones is 1. The van der Waals surface area contributed by atoms with Crippen molar-refractivity contribution < 1.29 is 14.3 Å². The third-order valence-electron chi connectivity index (χ3n) is 8.91. The Bertz CT molecular complexity index is 1760. The maximum atomic E-state index is 14.0. The van der Waals surface area contributed by atoms with Crippen LogP contribution in [0.15, 0.2) is 97.2 Å². The van der Waals surface area contributed by atoms with Gasteiger partial charge in [-0.15, -0.1) is 0 Å². The third kappa shape index (κ3) is 8.44. The maximum Gasteiger partial charge on any atom is 0.305 e. The normalized spacial score (nSPS) is 11.5. The molecule has 0 aliphatic carbocycles. The molecule has 250 valence electrons. The van der Waals surface area contributed by atoms with Gasteiger partial charge in [0, 0.05) is 29.6 Å². The van der Waals surface area contributed by atoms with Crippen LogP contribution in [0.5, 0.6) is 0 Å². The van der Waals surface area contributed by atoms with E-state index >= 15 is 0 Å². The van der Waals surface area contributed by atoms with Gasteiger partial charge in [-0.1, -0.05) is 82.3 Å². The largest absolute Gasteiger partial charge is 0.466 e. The monoisotopic (exact) mass is 642 g/mol. The second-order valence-electron chi connectivity index (χ2n) is 13.7. The molecule has 5 rings (SSSR count). The highest BCUT2D eigenvalue weighted by Gasteiger charge is 2.22. The molecule has 2 aromatic heterocycles. The van der Waals surface area contributed by atoms with Gasteiger partial charge in [-0.2, -0.15) is 0 Å². The highest BCUT2D eigenvalue weighted by molar-refractivity contribution is 6.14. The van der Waals surface area contributed by atoms with Gasteiger partial charge >= 0.3 is 5.97 Å². The molecule has 2 heterocycles. The Hall–Kier alpha value is -4.64. The summed E-state index contributed by atoms with van der Waals surface area (Å²) in [6.07, 6.45) is 5.82. The number of pyridine rings is 1. The molecule has 0 saturated carbocycles. The van der Waals surface area contributed by atoms with E-state index in [1.165, 1.54) is 22.3 Å². The van der Waals surface area contributed by atoms with Gasteiger partial charge in [-0.05, 0) is 116 Å². The predicted molar refractivity (Wildman–Crippen MR) is 197 cm³/mol. The summed E-state index contributed by atoms with van der Waals surface area (Å²) in [5, 5.41) is 3.77. The molecule has 5 nitrogen and oxygen atoms in total. The standard InChI is InChI=1S/C43H50N2O3/c1-7-48-40(46)13-10-12-38-31(6)41(39-11-8-9-26-45(38)39)43(47)36-22-24-37(25-23-36)44-42(34-18-14-32(15-19-34)27-29(2)3)35-20-16-33(17-21-35)28-30(4)5/h8-9,11,14-26,29-30,42,44H,7,10,12-13,27-28H2,1-6H3. The van der Waals surface area contributed by atoms with Gasteiger partial charge in [-0.25, -0.2) is 0 Å². The molecule has 0 spiro atoms. The van der Waals surface area contributed by atoms with Crippen LogP contribution in [-0.4, -0.2) is 22.8 Å². The highest BCUT2D eigenvalue weighted by atomic mass is 16.5. The smallest absolute Gasteiger partial charge is 0.305 e. The predicted octanol–water partition coefficient (Wildman–Crippen LogP) is 9.96. The number of carbonyl (C=O) groups is 2.